The summed E-state index contributed by atoms with van der Waals surface area (Å²) in [6.07, 6.45) is 1.09. The van der Waals surface area contributed by atoms with Gasteiger partial charge in [-0.25, -0.2) is 8.42 Å². The van der Waals surface area contributed by atoms with E-state index < -0.39 is 10.0 Å². The maximum Gasteiger partial charge on any atom is 0.241 e. The van der Waals surface area contributed by atoms with Crippen LogP contribution >= 0.6 is 11.6 Å². The number of rotatable bonds is 6. The van der Waals surface area contributed by atoms with E-state index in [2.05, 4.69) is 17.4 Å². The van der Waals surface area contributed by atoms with E-state index in [1.807, 2.05) is 27.7 Å². The fourth-order valence-corrected chi connectivity index (χ4v) is 4.37. The summed E-state index contributed by atoms with van der Waals surface area (Å²) in [6.45, 7) is 9.45. The van der Waals surface area contributed by atoms with Crippen molar-refractivity contribution in [1.29, 1.82) is 0 Å². The number of carbonyl (C=O) groups is 1. The Hall–Kier alpha value is -2.05. The van der Waals surface area contributed by atoms with Crippen molar-refractivity contribution in [2.45, 2.75) is 40.7 Å². The van der Waals surface area contributed by atoms with Crippen LogP contribution in [0.2, 0.25) is 5.02 Å². The normalized spacial score (nSPS) is 12.5. The van der Waals surface area contributed by atoms with Gasteiger partial charge in [-0.1, -0.05) is 23.7 Å². The van der Waals surface area contributed by atoms with Crippen molar-refractivity contribution in [2.24, 2.45) is 0 Å². The molecule has 7 heteroatoms. The molecule has 0 saturated heterocycles. The molecule has 2 aromatic carbocycles. The molecule has 0 unspecified atom stereocenters. The molecule has 1 amide bonds. The molecule has 0 saturated carbocycles. The van der Waals surface area contributed by atoms with Crippen LogP contribution in [0.15, 0.2) is 30.3 Å². The Morgan fingerprint density at radius 3 is 2.21 bits per heavy atom. The highest BCUT2D eigenvalue weighted by atomic mass is 35.5. The minimum Gasteiger partial charge on any atom is -0.348 e. The third-order valence-electron chi connectivity index (χ3n) is 4.84. The number of anilines is 1. The molecule has 1 N–H and O–H groups in total. The van der Waals surface area contributed by atoms with E-state index in [9.17, 15) is 13.2 Å². The van der Waals surface area contributed by atoms with E-state index >= 15 is 0 Å². The maximum atomic E-state index is 12.7. The van der Waals surface area contributed by atoms with E-state index in [-0.39, 0.29) is 18.5 Å². The van der Waals surface area contributed by atoms with Crippen LogP contribution in [-0.4, -0.2) is 27.1 Å². The lowest BCUT2D eigenvalue weighted by Crippen LogP contribution is -2.41. The SMILES string of the molecule is Cc1cc(C)c([C@@H](C)NC(=O)CN(c2ccc(Cl)cc2C)S(C)(=O)=O)cc1C. The van der Waals surface area contributed by atoms with Gasteiger partial charge in [0.2, 0.25) is 15.9 Å². The zero-order valence-electron chi connectivity index (χ0n) is 17.1. The third-order valence-corrected chi connectivity index (χ3v) is 6.20. The van der Waals surface area contributed by atoms with Crippen molar-refractivity contribution < 1.29 is 13.2 Å². The van der Waals surface area contributed by atoms with Crippen LogP contribution < -0.4 is 9.62 Å². The Kier molecular flexibility index (Phi) is 6.78. The minimum absolute atomic E-state index is 0.237. The number of carbonyl (C=O) groups excluding carboxylic acids is 1. The fourth-order valence-electron chi connectivity index (χ4n) is 3.22. The summed E-state index contributed by atoms with van der Waals surface area (Å²) in [6, 6.07) is 8.82. The van der Waals surface area contributed by atoms with Crippen LogP contribution in [0.25, 0.3) is 0 Å². The van der Waals surface area contributed by atoms with Crippen molar-refractivity contribution in [3.63, 3.8) is 0 Å². The highest BCUT2D eigenvalue weighted by Crippen LogP contribution is 2.26. The Bertz CT molecular complexity index is 1000. The number of aryl methyl sites for hydroxylation is 4. The molecule has 5 nitrogen and oxygen atoms in total. The first-order valence-electron chi connectivity index (χ1n) is 9.01. The molecule has 152 valence electrons. The van der Waals surface area contributed by atoms with Crippen molar-refractivity contribution >= 4 is 33.2 Å². The predicted octanol–water partition coefficient (Wildman–Crippen LogP) is 4.22. The zero-order valence-corrected chi connectivity index (χ0v) is 18.7. The molecule has 2 aromatic rings. The summed E-state index contributed by atoms with van der Waals surface area (Å²) < 4.78 is 25.7. The molecule has 0 aliphatic carbocycles. The van der Waals surface area contributed by atoms with Crippen molar-refractivity contribution in [1.82, 2.24) is 5.32 Å². The van der Waals surface area contributed by atoms with Gasteiger partial charge in [0.25, 0.3) is 0 Å². The monoisotopic (exact) mass is 422 g/mol. The van der Waals surface area contributed by atoms with Gasteiger partial charge in [-0.3, -0.25) is 9.10 Å². The first-order valence-corrected chi connectivity index (χ1v) is 11.2. The number of benzene rings is 2. The highest BCUT2D eigenvalue weighted by Gasteiger charge is 2.23. The van der Waals surface area contributed by atoms with Gasteiger partial charge in [0.1, 0.15) is 6.54 Å². The Labute approximate surface area is 172 Å². The van der Waals surface area contributed by atoms with Gasteiger partial charge in [0, 0.05) is 5.02 Å². The molecule has 0 aliphatic heterocycles. The van der Waals surface area contributed by atoms with Gasteiger partial charge in [0.15, 0.2) is 0 Å². The van der Waals surface area contributed by atoms with E-state index in [0.29, 0.717) is 16.3 Å². The number of amides is 1. The van der Waals surface area contributed by atoms with Gasteiger partial charge in [0.05, 0.1) is 18.0 Å². The minimum atomic E-state index is -3.64. The lowest BCUT2D eigenvalue weighted by molar-refractivity contribution is -0.120. The summed E-state index contributed by atoms with van der Waals surface area (Å²) >= 11 is 5.97. The zero-order chi connectivity index (χ0) is 21.2. The topological polar surface area (TPSA) is 66.5 Å². The lowest BCUT2D eigenvalue weighted by Gasteiger charge is -2.25. The molecule has 0 spiro atoms. The number of nitrogens with one attached hydrogen (secondary N) is 1. The molecular formula is C21H27ClN2O3S. The third kappa shape index (κ3) is 5.26. The Balaban J connectivity index is 2.24. The predicted molar refractivity (Wildman–Crippen MR) is 116 cm³/mol. The maximum absolute atomic E-state index is 12.7. The quantitative estimate of drug-likeness (QED) is 0.757. The summed E-state index contributed by atoms with van der Waals surface area (Å²) in [4.78, 5) is 12.7. The van der Waals surface area contributed by atoms with Crippen molar-refractivity contribution in [3.05, 3.63) is 63.2 Å². The van der Waals surface area contributed by atoms with Crippen molar-refractivity contribution in [3.8, 4) is 0 Å². The largest absolute Gasteiger partial charge is 0.348 e. The van der Waals surface area contributed by atoms with E-state index in [4.69, 9.17) is 11.6 Å². The van der Waals surface area contributed by atoms with Gasteiger partial charge in [-0.05, 0) is 80.6 Å². The molecule has 28 heavy (non-hydrogen) atoms. The van der Waals surface area contributed by atoms with Crippen LogP contribution in [-0.2, 0) is 14.8 Å². The molecule has 2 rings (SSSR count). The van der Waals surface area contributed by atoms with E-state index in [1.54, 1.807) is 25.1 Å². The van der Waals surface area contributed by atoms with Crippen LogP contribution in [0.4, 0.5) is 5.69 Å². The van der Waals surface area contributed by atoms with Crippen LogP contribution in [0.1, 0.15) is 40.8 Å². The van der Waals surface area contributed by atoms with E-state index in [1.165, 1.54) is 5.56 Å². The van der Waals surface area contributed by atoms with Gasteiger partial charge < -0.3 is 5.32 Å². The second-order valence-corrected chi connectivity index (χ2v) is 9.63. The van der Waals surface area contributed by atoms with Gasteiger partial charge in [-0.15, -0.1) is 0 Å². The molecule has 0 aromatic heterocycles. The summed E-state index contributed by atoms with van der Waals surface area (Å²) in [7, 11) is -3.64. The molecule has 1 atom stereocenters. The Morgan fingerprint density at radius 1 is 1.04 bits per heavy atom. The van der Waals surface area contributed by atoms with E-state index in [0.717, 1.165) is 27.3 Å². The number of halogens is 1. The highest BCUT2D eigenvalue weighted by molar-refractivity contribution is 7.92. The number of sulfonamides is 1. The molecule has 0 radical (unpaired) electrons. The average molecular weight is 423 g/mol. The van der Waals surface area contributed by atoms with Gasteiger partial charge in [-0.2, -0.15) is 0 Å². The first-order chi connectivity index (χ1) is 12.9. The summed E-state index contributed by atoms with van der Waals surface area (Å²) in [5, 5.41) is 3.43. The lowest BCUT2D eigenvalue weighted by atomic mass is 9.96. The molecule has 0 bridgehead atoms. The van der Waals surface area contributed by atoms with Crippen molar-refractivity contribution in [2.75, 3.05) is 17.1 Å². The molecule has 0 aliphatic rings. The second-order valence-electron chi connectivity index (χ2n) is 7.28. The summed E-state index contributed by atoms with van der Waals surface area (Å²) in [5.41, 5.74) is 5.58. The molecular weight excluding hydrogens is 396 g/mol. The second kappa shape index (κ2) is 8.53. The van der Waals surface area contributed by atoms with Crippen LogP contribution in [0.3, 0.4) is 0 Å². The average Bonchev–Trinajstić information content (AvgIpc) is 2.55. The number of hydrogen-bond acceptors (Lipinski definition) is 3. The standard InChI is InChI=1S/C21H27ClN2O3S/c1-13-9-15(3)19(11-14(13)2)17(5)23-21(25)12-24(28(6,26)27)20-8-7-18(22)10-16(20)4/h7-11,17H,12H2,1-6H3,(H,23,25)/t17-/m1/s1. The first kappa shape index (κ1) is 22.2. The number of hydrogen-bond donors (Lipinski definition) is 1. The number of nitrogens with zero attached hydrogens (tertiary/aromatic N) is 1. The molecule has 0 heterocycles. The fraction of sp³-hybridized carbons (Fsp3) is 0.381. The van der Waals surface area contributed by atoms with Crippen LogP contribution in [0, 0.1) is 27.7 Å². The van der Waals surface area contributed by atoms with Gasteiger partial charge >= 0.3 is 0 Å². The molecule has 0 fully saturated rings. The van der Waals surface area contributed by atoms with Crippen LogP contribution in [0.5, 0.6) is 0 Å². The smallest absolute Gasteiger partial charge is 0.241 e. The Morgan fingerprint density at radius 2 is 1.64 bits per heavy atom. The summed E-state index contributed by atoms with van der Waals surface area (Å²) in [5.74, 6) is -0.370.